The molecule has 0 bridgehead atoms. The van der Waals surface area contributed by atoms with Crippen LogP contribution in [0, 0.1) is 11.3 Å². The van der Waals surface area contributed by atoms with Crippen LogP contribution in [0.5, 0.6) is 0 Å². The van der Waals surface area contributed by atoms with E-state index < -0.39 is 5.60 Å². The van der Waals surface area contributed by atoms with E-state index in [0.717, 1.165) is 16.7 Å². The quantitative estimate of drug-likeness (QED) is 0.420. The number of hydrogen-bond acceptors (Lipinski definition) is 8. The van der Waals surface area contributed by atoms with E-state index >= 15 is 0 Å². The van der Waals surface area contributed by atoms with Gasteiger partial charge in [-0.1, -0.05) is 29.8 Å². The van der Waals surface area contributed by atoms with E-state index in [2.05, 4.69) is 20.3 Å². The van der Waals surface area contributed by atoms with Crippen molar-refractivity contribution in [3.8, 4) is 17.3 Å². The Morgan fingerprint density at radius 1 is 1.25 bits per heavy atom. The van der Waals surface area contributed by atoms with Gasteiger partial charge < -0.3 is 16.2 Å². The van der Waals surface area contributed by atoms with Crippen LogP contribution in [0.25, 0.3) is 16.9 Å². The van der Waals surface area contributed by atoms with E-state index in [1.165, 1.54) is 12.5 Å². The summed E-state index contributed by atoms with van der Waals surface area (Å²) in [5, 5.41) is 28.3. The summed E-state index contributed by atoms with van der Waals surface area (Å²) in [6.07, 6.45) is 2.83. The zero-order valence-corrected chi connectivity index (χ0v) is 18.5. The largest absolute Gasteiger partial charge is 0.386 e. The molecule has 10 heteroatoms. The fourth-order valence-corrected chi connectivity index (χ4v) is 3.58. The topological polar surface area (TPSA) is 138 Å². The van der Waals surface area contributed by atoms with Gasteiger partial charge in [-0.3, -0.25) is 0 Å². The summed E-state index contributed by atoms with van der Waals surface area (Å²) < 4.78 is 1.55. The second-order valence-electron chi connectivity index (χ2n) is 7.90. The van der Waals surface area contributed by atoms with E-state index in [1.54, 1.807) is 18.4 Å². The molecule has 0 saturated carbocycles. The molecule has 0 unspecified atom stereocenters. The summed E-state index contributed by atoms with van der Waals surface area (Å²) in [6.45, 7) is 5.37. The van der Waals surface area contributed by atoms with Crippen LogP contribution in [0.1, 0.15) is 43.5 Å². The average Bonchev–Trinajstić information content (AvgIpc) is 3.12. The molecule has 0 saturated heterocycles. The van der Waals surface area contributed by atoms with Gasteiger partial charge in [0, 0.05) is 11.1 Å². The maximum absolute atomic E-state index is 10.5. The van der Waals surface area contributed by atoms with Crippen LogP contribution in [-0.4, -0.2) is 29.7 Å². The molecular formula is C22H21ClN8O. The van der Waals surface area contributed by atoms with Crippen molar-refractivity contribution in [2.45, 2.75) is 32.4 Å². The number of aromatic nitrogens is 5. The summed E-state index contributed by atoms with van der Waals surface area (Å²) in [6, 6.07) is 11.1. The average molecular weight is 449 g/mol. The van der Waals surface area contributed by atoms with Gasteiger partial charge in [0.05, 0.1) is 23.5 Å². The fraction of sp³-hybridized carbons (Fsp3) is 0.227. The van der Waals surface area contributed by atoms with Crippen molar-refractivity contribution in [1.82, 2.24) is 24.6 Å². The Morgan fingerprint density at radius 2 is 2.03 bits per heavy atom. The summed E-state index contributed by atoms with van der Waals surface area (Å²) in [4.78, 5) is 12.4. The van der Waals surface area contributed by atoms with Crippen molar-refractivity contribution >= 4 is 28.9 Å². The minimum Gasteiger partial charge on any atom is -0.386 e. The Hall–Kier alpha value is -3.74. The molecular weight excluding hydrogens is 428 g/mol. The van der Waals surface area contributed by atoms with Gasteiger partial charge in [0.1, 0.15) is 29.6 Å². The number of fused-ring (bicyclic) bond motifs is 1. The van der Waals surface area contributed by atoms with Crippen molar-refractivity contribution in [3.05, 3.63) is 64.7 Å². The number of aliphatic hydroxyl groups is 1. The van der Waals surface area contributed by atoms with E-state index in [4.69, 9.17) is 22.4 Å². The predicted octanol–water partition coefficient (Wildman–Crippen LogP) is 3.69. The van der Waals surface area contributed by atoms with Crippen molar-refractivity contribution < 1.29 is 5.11 Å². The first kappa shape index (κ1) is 21.5. The number of anilines is 2. The summed E-state index contributed by atoms with van der Waals surface area (Å²) in [5.74, 6) is 0.425. The van der Waals surface area contributed by atoms with E-state index in [0.29, 0.717) is 22.3 Å². The van der Waals surface area contributed by atoms with Crippen LogP contribution in [0.2, 0.25) is 5.15 Å². The van der Waals surface area contributed by atoms with Gasteiger partial charge >= 0.3 is 0 Å². The fourth-order valence-electron chi connectivity index (χ4n) is 3.40. The first-order chi connectivity index (χ1) is 15.2. The minimum absolute atomic E-state index is 0.101. The Balaban J connectivity index is 1.86. The Kier molecular flexibility index (Phi) is 5.42. The van der Waals surface area contributed by atoms with Gasteiger partial charge in [-0.05, 0) is 38.5 Å². The molecule has 1 aromatic carbocycles. The number of hydrogen-bond donors (Lipinski definition) is 3. The number of halogens is 1. The van der Waals surface area contributed by atoms with E-state index in [-0.39, 0.29) is 17.4 Å². The minimum atomic E-state index is -1.02. The highest BCUT2D eigenvalue weighted by Crippen LogP contribution is 2.33. The maximum Gasteiger partial charge on any atom is 0.155 e. The molecule has 0 spiro atoms. The molecule has 1 atom stereocenters. The molecule has 0 radical (unpaired) electrons. The molecule has 0 aliphatic carbocycles. The molecule has 9 nitrogen and oxygen atoms in total. The lowest BCUT2D eigenvalue weighted by atomic mass is 9.94. The Labute approximate surface area is 189 Å². The molecule has 162 valence electrons. The third-order valence-corrected chi connectivity index (χ3v) is 5.39. The number of nitrogens with one attached hydrogen (secondary N) is 1. The van der Waals surface area contributed by atoms with Gasteiger partial charge in [0.2, 0.25) is 0 Å². The molecule has 4 aromatic rings. The highest BCUT2D eigenvalue weighted by molar-refractivity contribution is 6.29. The van der Waals surface area contributed by atoms with Crippen molar-refractivity contribution in [3.63, 3.8) is 0 Å². The molecule has 0 amide bonds. The molecule has 4 N–H and O–H groups in total. The van der Waals surface area contributed by atoms with Crippen molar-refractivity contribution in [2.75, 3.05) is 11.1 Å². The number of rotatable bonds is 5. The highest BCUT2D eigenvalue weighted by Gasteiger charge is 2.22. The molecule has 3 heterocycles. The Bertz CT molecular complexity index is 1350. The van der Waals surface area contributed by atoms with E-state index in [9.17, 15) is 10.4 Å². The maximum atomic E-state index is 10.5. The van der Waals surface area contributed by atoms with Crippen LogP contribution in [0.3, 0.4) is 0 Å². The van der Waals surface area contributed by atoms with Crippen LogP contribution in [0.4, 0.5) is 11.6 Å². The van der Waals surface area contributed by atoms with Crippen LogP contribution < -0.4 is 11.1 Å². The Morgan fingerprint density at radius 3 is 2.75 bits per heavy atom. The molecule has 0 aliphatic rings. The molecule has 0 fully saturated rings. The number of nitrogen functional groups attached to an aromatic ring is 1. The highest BCUT2D eigenvalue weighted by atomic mass is 35.5. The number of nitrogens with zero attached hydrogens (tertiary/aromatic N) is 6. The number of nitriles is 1. The summed E-state index contributed by atoms with van der Waals surface area (Å²) in [7, 11) is 0. The predicted molar refractivity (Wildman–Crippen MR) is 122 cm³/mol. The first-order valence-corrected chi connectivity index (χ1v) is 10.2. The first-order valence-electron chi connectivity index (χ1n) is 9.83. The molecule has 32 heavy (non-hydrogen) atoms. The SMILES string of the molecule is C[C@@H](Nc1ncnc(N)c1C#N)c1cc2ncc(Cl)n2nc1-c1cccc(C(C)(C)O)c1. The van der Waals surface area contributed by atoms with Gasteiger partial charge in [-0.15, -0.1) is 0 Å². The van der Waals surface area contributed by atoms with E-state index in [1.807, 2.05) is 43.3 Å². The number of benzene rings is 1. The lowest BCUT2D eigenvalue weighted by Gasteiger charge is -2.21. The monoisotopic (exact) mass is 448 g/mol. The van der Waals surface area contributed by atoms with Crippen LogP contribution >= 0.6 is 11.6 Å². The lowest BCUT2D eigenvalue weighted by Crippen LogP contribution is -2.16. The standard InChI is InChI=1S/C22H21ClN8O/c1-12(29-21-16(9-24)20(25)27-11-28-21)15-8-18-26-10-17(23)31(18)30-19(15)13-5-4-6-14(7-13)22(2,3)32/h4-8,10-12,32H,1-3H3,(H3,25,27,28,29)/t12-/m1/s1. The second kappa shape index (κ2) is 8.07. The third-order valence-electron chi connectivity index (χ3n) is 5.13. The molecule has 3 aromatic heterocycles. The third kappa shape index (κ3) is 3.93. The van der Waals surface area contributed by atoms with Crippen molar-refractivity contribution in [2.24, 2.45) is 0 Å². The van der Waals surface area contributed by atoms with Crippen LogP contribution in [0.15, 0.2) is 42.9 Å². The van der Waals surface area contributed by atoms with Gasteiger partial charge in [-0.2, -0.15) is 10.4 Å². The zero-order valence-electron chi connectivity index (χ0n) is 17.7. The second-order valence-corrected chi connectivity index (χ2v) is 8.29. The number of nitrogens with two attached hydrogens (primary N) is 1. The van der Waals surface area contributed by atoms with Gasteiger partial charge in [-0.25, -0.2) is 19.5 Å². The molecule has 4 rings (SSSR count). The smallest absolute Gasteiger partial charge is 0.155 e. The van der Waals surface area contributed by atoms with Gasteiger partial charge in [0.25, 0.3) is 0 Å². The van der Waals surface area contributed by atoms with Crippen molar-refractivity contribution in [1.29, 1.82) is 5.26 Å². The zero-order chi connectivity index (χ0) is 23.0. The summed E-state index contributed by atoms with van der Waals surface area (Å²) >= 11 is 6.27. The normalized spacial score (nSPS) is 12.5. The lowest BCUT2D eigenvalue weighted by molar-refractivity contribution is 0.0786. The number of imidazole rings is 1. The summed E-state index contributed by atoms with van der Waals surface area (Å²) in [5.41, 5.74) is 8.53. The molecule has 0 aliphatic heterocycles. The van der Waals surface area contributed by atoms with Gasteiger partial charge in [0.15, 0.2) is 10.8 Å². The van der Waals surface area contributed by atoms with Crippen LogP contribution in [-0.2, 0) is 5.60 Å².